The van der Waals surface area contributed by atoms with Gasteiger partial charge >= 0.3 is 0 Å². The Bertz CT molecular complexity index is 879. The zero-order valence-corrected chi connectivity index (χ0v) is 15.1. The van der Waals surface area contributed by atoms with Crippen molar-refractivity contribution in [3.63, 3.8) is 0 Å². The van der Waals surface area contributed by atoms with Crippen molar-refractivity contribution in [3.05, 3.63) is 40.7 Å². The first-order valence-corrected chi connectivity index (χ1v) is 9.02. The Balaban J connectivity index is 1.64. The van der Waals surface area contributed by atoms with Gasteiger partial charge in [-0.05, 0) is 31.5 Å². The van der Waals surface area contributed by atoms with Crippen molar-refractivity contribution in [3.8, 4) is 0 Å². The van der Waals surface area contributed by atoms with Crippen molar-refractivity contribution in [1.29, 1.82) is 0 Å². The van der Waals surface area contributed by atoms with Gasteiger partial charge in [0.2, 0.25) is 5.91 Å². The summed E-state index contributed by atoms with van der Waals surface area (Å²) in [6.07, 6.45) is 2.95. The largest absolute Gasteiger partial charge is 0.365 e. The van der Waals surface area contributed by atoms with Crippen LogP contribution in [-0.4, -0.2) is 33.1 Å². The van der Waals surface area contributed by atoms with Crippen LogP contribution in [0.3, 0.4) is 0 Å². The van der Waals surface area contributed by atoms with Crippen LogP contribution in [0.2, 0.25) is 0 Å². The van der Waals surface area contributed by atoms with Crippen LogP contribution in [0.25, 0.3) is 10.2 Å². The third kappa shape index (κ3) is 3.90. The van der Waals surface area contributed by atoms with E-state index in [-0.39, 0.29) is 11.8 Å². The van der Waals surface area contributed by atoms with E-state index in [0.717, 1.165) is 21.6 Å². The van der Waals surface area contributed by atoms with E-state index in [2.05, 4.69) is 20.7 Å². The fourth-order valence-corrected chi connectivity index (χ4v) is 3.65. The van der Waals surface area contributed by atoms with Gasteiger partial charge in [-0.2, -0.15) is 5.10 Å². The number of H-pyrrole nitrogens is 1. The van der Waals surface area contributed by atoms with E-state index < -0.39 is 0 Å². The fourth-order valence-electron chi connectivity index (χ4n) is 2.64. The molecule has 3 aromatic rings. The number of carbonyl (C=O) groups excluding carboxylic acids is 2. The maximum Gasteiger partial charge on any atom is 0.261 e. The van der Waals surface area contributed by atoms with Crippen molar-refractivity contribution in [2.24, 2.45) is 7.05 Å². The number of hydrogen-bond acceptors (Lipinski definition) is 4. The first-order chi connectivity index (χ1) is 12.1. The van der Waals surface area contributed by atoms with Crippen molar-refractivity contribution in [2.45, 2.75) is 26.3 Å². The Labute approximate surface area is 149 Å². The van der Waals surface area contributed by atoms with Gasteiger partial charge in [-0.3, -0.25) is 14.3 Å². The van der Waals surface area contributed by atoms with Gasteiger partial charge in [0.15, 0.2) is 0 Å². The molecule has 0 atom stereocenters. The SMILES string of the molecule is CCNC(=O)c1cc2c(CNC(=O)CCc3ccc[nH]3)nn(C)c2s1. The highest BCUT2D eigenvalue weighted by Gasteiger charge is 2.16. The molecule has 0 aliphatic rings. The van der Waals surface area contributed by atoms with E-state index in [9.17, 15) is 9.59 Å². The summed E-state index contributed by atoms with van der Waals surface area (Å²) in [4.78, 5) is 28.7. The molecule has 0 fully saturated rings. The number of hydrogen-bond donors (Lipinski definition) is 3. The van der Waals surface area contributed by atoms with Gasteiger partial charge in [-0.1, -0.05) is 0 Å². The number of amides is 2. The van der Waals surface area contributed by atoms with Crippen molar-refractivity contribution in [1.82, 2.24) is 25.4 Å². The second-order valence-electron chi connectivity index (χ2n) is 5.73. The molecule has 0 unspecified atom stereocenters. The van der Waals surface area contributed by atoms with Gasteiger partial charge in [0.1, 0.15) is 4.83 Å². The van der Waals surface area contributed by atoms with E-state index in [0.29, 0.717) is 30.8 Å². The van der Waals surface area contributed by atoms with E-state index in [1.54, 1.807) is 4.68 Å². The summed E-state index contributed by atoms with van der Waals surface area (Å²) in [6, 6.07) is 5.73. The molecule has 0 bridgehead atoms. The molecule has 25 heavy (non-hydrogen) atoms. The highest BCUT2D eigenvalue weighted by atomic mass is 32.1. The van der Waals surface area contributed by atoms with Crippen LogP contribution in [-0.2, 0) is 24.8 Å². The van der Waals surface area contributed by atoms with Gasteiger partial charge in [0.25, 0.3) is 5.91 Å². The first kappa shape index (κ1) is 17.2. The maximum absolute atomic E-state index is 12.0. The molecule has 0 radical (unpaired) electrons. The van der Waals surface area contributed by atoms with Crippen LogP contribution in [0, 0.1) is 0 Å². The molecule has 132 valence electrons. The molecule has 0 aromatic carbocycles. The number of nitrogens with one attached hydrogen (secondary N) is 3. The number of carbonyl (C=O) groups is 2. The van der Waals surface area contributed by atoms with Crippen molar-refractivity contribution in [2.75, 3.05) is 6.54 Å². The van der Waals surface area contributed by atoms with E-state index >= 15 is 0 Å². The third-order valence-electron chi connectivity index (χ3n) is 3.89. The summed E-state index contributed by atoms with van der Waals surface area (Å²) in [5.41, 5.74) is 1.82. The van der Waals surface area contributed by atoms with Gasteiger partial charge in [0.05, 0.1) is 17.1 Å². The monoisotopic (exact) mass is 359 g/mol. The number of fused-ring (bicyclic) bond motifs is 1. The molecule has 0 saturated heterocycles. The second kappa shape index (κ2) is 7.52. The third-order valence-corrected chi connectivity index (χ3v) is 5.09. The van der Waals surface area contributed by atoms with E-state index in [4.69, 9.17) is 0 Å². The Morgan fingerprint density at radius 1 is 1.36 bits per heavy atom. The zero-order chi connectivity index (χ0) is 17.8. The van der Waals surface area contributed by atoms with Gasteiger partial charge in [0, 0.05) is 37.3 Å². The quantitative estimate of drug-likeness (QED) is 0.602. The Hall–Kier alpha value is -2.61. The predicted octanol–water partition coefficient (Wildman–Crippen LogP) is 1.96. The minimum Gasteiger partial charge on any atom is -0.365 e. The molecule has 0 saturated carbocycles. The summed E-state index contributed by atoms with van der Waals surface area (Å²) in [5, 5.41) is 11.1. The number of thiophene rings is 1. The molecule has 3 rings (SSSR count). The molecule has 3 heterocycles. The Morgan fingerprint density at radius 2 is 2.20 bits per heavy atom. The Kier molecular flexibility index (Phi) is 5.18. The lowest BCUT2D eigenvalue weighted by atomic mass is 10.2. The summed E-state index contributed by atoms with van der Waals surface area (Å²) >= 11 is 1.41. The number of aromatic amines is 1. The van der Waals surface area contributed by atoms with Crippen molar-refractivity contribution < 1.29 is 9.59 Å². The lowest BCUT2D eigenvalue weighted by Crippen LogP contribution is -2.23. The maximum atomic E-state index is 12.0. The molecule has 2 amide bonds. The smallest absolute Gasteiger partial charge is 0.261 e. The molecule has 8 heteroatoms. The minimum atomic E-state index is -0.0790. The number of rotatable bonds is 7. The van der Waals surface area contributed by atoms with Gasteiger partial charge in [-0.25, -0.2) is 0 Å². The lowest BCUT2D eigenvalue weighted by molar-refractivity contribution is -0.121. The summed E-state index contributed by atoms with van der Waals surface area (Å²) in [5.74, 6) is -0.0998. The molecule has 7 nitrogen and oxygen atoms in total. The molecule has 0 spiro atoms. The molecular weight excluding hydrogens is 338 g/mol. The minimum absolute atomic E-state index is 0.0208. The average molecular weight is 359 g/mol. The van der Waals surface area contributed by atoms with Gasteiger partial charge in [-0.15, -0.1) is 11.3 Å². The number of aryl methyl sites for hydroxylation is 2. The molecule has 0 aliphatic carbocycles. The lowest BCUT2D eigenvalue weighted by Gasteiger charge is -2.03. The van der Waals surface area contributed by atoms with Crippen molar-refractivity contribution >= 4 is 33.4 Å². The molecular formula is C17H21N5O2S. The Morgan fingerprint density at radius 3 is 2.92 bits per heavy atom. The normalized spacial score (nSPS) is 11.0. The number of aromatic nitrogens is 3. The zero-order valence-electron chi connectivity index (χ0n) is 14.3. The van der Waals surface area contributed by atoms with Crippen LogP contribution in [0.1, 0.15) is 34.4 Å². The van der Waals surface area contributed by atoms with Crippen LogP contribution in [0.4, 0.5) is 0 Å². The molecule has 3 aromatic heterocycles. The second-order valence-corrected chi connectivity index (χ2v) is 6.76. The highest BCUT2D eigenvalue weighted by molar-refractivity contribution is 7.20. The average Bonchev–Trinajstić information content (AvgIpc) is 3.30. The van der Waals surface area contributed by atoms with E-state index in [1.807, 2.05) is 38.4 Å². The van der Waals surface area contributed by atoms with Crippen LogP contribution in [0.15, 0.2) is 24.4 Å². The summed E-state index contributed by atoms with van der Waals surface area (Å²) < 4.78 is 1.75. The summed E-state index contributed by atoms with van der Waals surface area (Å²) in [7, 11) is 1.84. The van der Waals surface area contributed by atoms with Crippen LogP contribution >= 0.6 is 11.3 Å². The predicted molar refractivity (Wildman–Crippen MR) is 97.6 cm³/mol. The standard InChI is InChI=1S/C17H21N5O2S/c1-3-18-16(24)14-9-12-13(21-22(2)17(12)25-14)10-20-15(23)7-6-11-5-4-8-19-11/h4-5,8-9,19H,3,6-7,10H2,1-2H3,(H,18,24)(H,20,23). The van der Waals surface area contributed by atoms with E-state index in [1.165, 1.54) is 11.3 Å². The number of nitrogens with zero attached hydrogens (tertiary/aromatic N) is 2. The summed E-state index contributed by atoms with van der Waals surface area (Å²) in [6.45, 7) is 2.84. The first-order valence-electron chi connectivity index (χ1n) is 8.21. The fraction of sp³-hybridized carbons (Fsp3) is 0.353. The topological polar surface area (TPSA) is 91.8 Å². The van der Waals surface area contributed by atoms with Gasteiger partial charge < -0.3 is 15.6 Å². The van der Waals surface area contributed by atoms with Crippen LogP contribution in [0.5, 0.6) is 0 Å². The highest BCUT2D eigenvalue weighted by Crippen LogP contribution is 2.28. The molecule has 3 N–H and O–H groups in total. The molecule has 0 aliphatic heterocycles. The van der Waals surface area contributed by atoms with Crippen LogP contribution < -0.4 is 10.6 Å².